The van der Waals surface area contributed by atoms with Crippen LogP contribution in [0.5, 0.6) is 0 Å². The molecule has 1 rings (SSSR count). The van der Waals surface area contributed by atoms with Gasteiger partial charge in [-0.1, -0.05) is 20.8 Å². The van der Waals surface area contributed by atoms with E-state index in [1.165, 1.54) is 0 Å². The number of aromatic nitrogens is 3. The Morgan fingerprint density at radius 2 is 2.18 bits per heavy atom. The molecule has 0 saturated carbocycles. The fraction of sp³-hybridized carbons (Fsp3) is 0.727. The van der Waals surface area contributed by atoms with E-state index in [0.717, 1.165) is 0 Å². The van der Waals surface area contributed by atoms with Gasteiger partial charge in [-0.15, -0.1) is 5.10 Å². The molecule has 0 aliphatic rings. The third-order valence-electron chi connectivity index (χ3n) is 2.57. The van der Waals surface area contributed by atoms with E-state index >= 15 is 0 Å². The summed E-state index contributed by atoms with van der Waals surface area (Å²) in [4.78, 5) is 15.8. The Hall–Kier alpha value is -1.43. The zero-order valence-electron chi connectivity index (χ0n) is 10.7. The molecule has 6 heteroatoms. The highest BCUT2D eigenvalue weighted by atomic mass is 16.3. The normalized spacial score (nSPS) is 13.5. The van der Waals surface area contributed by atoms with E-state index in [4.69, 9.17) is 5.11 Å². The Morgan fingerprint density at radius 3 is 2.59 bits per heavy atom. The maximum Gasteiger partial charge on any atom is 0.291 e. The second-order valence-electron chi connectivity index (χ2n) is 5.15. The Morgan fingerprint density at radius 1 is 1.53 bits per heavy atom. The van der Waals surface area contributed by atoms with Crippen LogP contribution in [0.1, 0.15) is 43.6 Å². The maximum atomic E-state index is 11.9. The van der Waals surface area contributed by atoms with Gasteiger partial charge in [0.25, 0.3) is 5.91 Å². The second kappa shape index (κ2) is 5.27. The van der Waals surface area contributed by atoms with Crippen molar-refractivity contribution in [2.75, 3.05) is 6.61 Å². The molecule has 1 heterocycles. The number of hydrogen-bond donors (Lipinski definition) is 3. The van der Waals surface area contributed by atoms with Crippen molar-refractivity contribution in [1.82, 2.24) is 20.5 Å². The minimum absolute atomic E-state index is 0.0369. The first-order valence-electron chi connectivity index (χ1n) is 5.65. The Kier molecular flexibility index (Phi) is 4.22. The van der Waals surface area contributed by atoms with E-state index < -0.39 is 0 Å². The van der Waals surface area contributed by atoms with Gasteiger partial charge in [0.1, 0.15) is 5.82 Å². The van der Waals surface area contributed by atoms with Gasteiger partial charge in [0.05, 0.1) is 0 Å². The lowest BCUT2D eigenvalue weighted by atomic mass is 9.85. The van der Waals surface area contributed by atoms with Gasteiger partial charge in [0, 0.05) is 12.6 Å². The van der Waals surface area contributed by atoms with E-state index in [2.05, 4.69) is 20.5 Å². The third kappa shape index (κ3) is 3.81. The molecular weight excluding hydrogens is 220 g/mol. The summed E-state index contributed by atoms with van der Waals surface area (Å²) < 4.78 is 0. The lowest BCUT2D eigenvalue weighted by Gasteiger charge is -2.30. The second-order valence-corrected chi connectivity index (χ2v) is 5.15. The van der Waals surface area contributed by atoms with Crippen LogP contribution in [-0.4, -0.2) is 38.8 Å². The van der Waals surface area contributed by atoms with Crippen molar-refractivity contribution in [3.8, 4) is 0 Å². The number of aromatic amines is 1. The van der Waals surface area contributed by atoms with Gasteiger partial charge >= 0.3 is 0 Å². The SMILES string of the molecule is Cc1nc(C(=O)NC(CCO)C(C)(C)C)n[nH]1. The van der Waals surface area contributed by atoms with Gasteiger partial charge < -0.3 is 10.4 Å². The molecule has 6 nitrogen and oxygen atoms in total. The standard InChI is InChI=1S/C11H20N4O2/c1-7-12-9(15-14-7)10(17)13-8(5-6-16)11(2,3)4/h8,16H,5-6H2,1-4H3,(H,13,17)(H,12,14,15). The summed E-state index contributed by atoms with van der Waals surface area (Å²) in [5, 5.41) is 18.3. The van der Waals surface area contributed by atoms with Crippen LogP contribution in [0.15, 0.2) is 0 Å². The number of hydrogen-bond acceptors (Lipinski definition) is 4. The molecule has 1 atom stereocenters. The summed E-state index contributed by atoms with van der Waals surface area (Å²) in [5.41, 5.74) is -0.121. The van der Waals surface area contributed by atoms with Crippen molar-refractivity contribution >= 4 is 5.91 Å². The van der Waals surface area contributed by atoms with Crippen LogP contribution in [0, 0.1) is 12.3 Å². The molecule has 1 aromatic rings. The third-order valence-corrected chi connectivity index (χ3v) is 2.57. The fourth-order valence-corrected chi connectivity index (χ4v) is 1.52. The molecule has 0 fully saturated rings. The number of nitrogens with zero attached hydrogens (tertiary/aromatic N) is 2. The number of aliphatic hydroxyl groups is 1. The molecule has 0 saturated heterocycles. The number of carbonyl (C=O) groups excluding carboxylic acids is 1. The van der Waals surface area contributed by atoms with Gasteiger partial charge in [-0.3, -0.25) is 9.89 Å². The van der Waals surface area contributed by atoms with Crippen molar-refractivity contribution in [2.45, 2.75) is 40.2 Å². The number of aryl methyl sites for hydroxylation is 1. The molecule has 0 radical (unpaired) electrons. The minimum atomic E-state index is -0.317. The smallest absolute Gasteiger partial charge is 0.291 e. The molecule has 1 aromatic heterocycles. The van der Waals surface area contributed by atoms with Gasteiger partial charge in [-0.25, -0.2) is 4.98 Å². The molecule has 0 aliphatic heterocycles. The van der Waals surface area contributed by atoms with Gasteiger partial charge in [-0.05, 0) is 18.8 Å². The summed E-state index contributed by atoms with van der Waals surface area (Å²) in [6.45, 7) is 7.80. The minimum Gasteiger partial charge on any atom is -0.396 e. The predicted octanol–water partition coefficient (Wildman–Crippen LogP) is 0.640. The van der Waals surface area contributed by atoms with Crippen LogP contribution in [-0.2, 0) is 0 Å². The summed E-state index contributed by atoms with van der Waals surface area (Å²) in [5.74, 6) is 0.419. The van der Waals surface area contributed by atoms with Crippen LogP contribution in [0.25, 0.3) is 0 Å². The number of aliphatic hydroxyl groups excluding tert-OH is 1. The maximum absolute atomic E-state index is 11.9. The number of nitrogens with one attached hydrogen (secondary N) is 2. The van der Waals surface area contributed by atoms with E-state index in [0.29, 0.717) is 12.2 Å². The molecule has 0 spiro atoms. The highest BCUT2D eigenvalue weighted by molar-refractivity contribution is 5.90. The molecule has 17 heavy (non-hydrogen) atoms. The summed E-state index contributed by atoms with van der Waals surface area (Å²) in [7, 11) is 0. The van der Waals surface area contributed by atoms with Crippen LogP contribution in [0.3, 0.4) is 0 Å². The zero-order chi connectivity index (χ0) is 13.1. The monoisotopic (exact) mass is 240 g/mol. The quantitative estimate of drug-likeness (QED) is 0.720. The van der Waals surface area contributed by atoms with Crippen molar-refractivity contribution in [3.63, 3.8) is 0 Å². The molecule has 1 amide bonds. The van der Waals surface area contributed by atoms with Crippen molar-refractivity contribution < 1.29 is 9.90 Å². The summed E-state index contributed by atoms with van der Waals surface area (Å²) in [6, 6.07) is -0.112. The molecule has 96 valence electrons. The molecule has 0 bridgehead atoms. The highest BCUT2D eigenvalue weighted by Crippen LogP contribution is 2.21. The van der Waals surface area contributed by atoms with Crippen molar-refractivity contribution in [2.24, 2.45) is 5.41 Å². The fourth-order valence-electron chi connectivity index (χ4n) is 1.52. The van der Waals surface area contributed by atoms with Crippen LogP contribution >= 0.6 is 0 Å². The Balaban J connectivity index is 2.71. The lowest BCUT2D eigenvalue weighted by molar-refractivity contribution is 0.0875. The first kappa shape index (κ1) is 13.6. The first-order chi connectivity index (χ1) is 7.84. The molecule has 1 unspecified atom stereocenters. The van der Waals surface area contributed by atoms with E-state index in [-0.39, 0.29) is 29.8 Å². The summed E-state index contributed by atoms with van der Waals surface area (Å²) in [6.07, 6.45) is 0.513. The van der Waals surface area contributed by atoms with Gasteiger partial charge in [-0.2, -0.15) is 0 Å². The summed E-state index contributed by atoms with van der Waals surface area (Å²) >= 11 is 0. The zero-order valence-corrected chi connectivity index (χ0v) is 10.7. The first-order valence-corrected chi connectivity index (χ1v) is 5.65. The predicted molar refractivity (Wildman–Crippen MR) is 63.5 cm³/mol. The van der Waals surface area contributed by atoms with Gasteiger partial charge in [0.15, 0.2) is 0 Å². The number of H-pyrrole nitrogens is 1. The van der Waals surface area contributed by atoms with E-state index in [1.54, 1.807) is 6.92 Å². The highest BCUT2D eigenvalue weighted by Gasteiger charge is 2.27. The molecule has 0 aliphatic carbocycles. The molecule has 0 aromatic carbocycles. The lowest BCUT2D eigenvalue weighted by Crippen LogP contribution is -2.44. The van der Waals surface area contributed by atoms with Gasteiger partial charge in [0.2, 0.25) is 5.82 Å². The van der Waals surface area contributed by atoms with Crippen LogP contribution < -0.4 is 5.32 Å². The molecular formula is C11H20N4O2. The van der Waals surface area contributed by atoms with Crippen LogP contribution in [0.2, 0.25) is 0 Å². The Bertz CT molecular complexity index is 381. The topological polar surface area (TPSA) is 90.9 Å². The van der Waals surface area contributed by atoms with E-state index in [1.807, 2.05) is 20.8 Å². The van der Waals surface area contributed by atoms with E-state index in [9.17, 15) is 4.79 Å². The van der Waals surface area contributed by atoms with Crippen molar-refractivity contribution in [1.29, 1.82) is 0 Å². The number of rotatable bonds is 4. The number of carbonyl (C=O) groups is 1. The van der Waals surface area contributed by atoms with Crippen LogP contribution in [0.4, 0.5) is 0 Å². The average Bonchev–Trinajstić information content (AvgIpc) is 2.62. The van der Waals surface area contributed by atoms with Crippen molar-refractivity contribution in [3.05, 3.63) is 11.6 Å². The average molecular weight is 240 g/mol. The Labute approximate surface area is 101 Å². The largest absolute Gasteiger partial charge is 0.396 e. The number of amides is 1. The molecule has 3 N–H and O–H groups in total.